The predicted octanol–water partition coefficient (Wildman–Crippen LogP) is 2.97. The first-order chi connectivity index (χ1) is 17.4. The molecule has 2 aromatic heterocycles. The van der Waals surface area contributed by atoms with Crippen molar-refractivity contribution in [2.45, 2.75) is 70.7 Å². The second kappa shape index (κ2) is 9.79. The van der Waals surface area contributed by atoms with Gasteiger partial charge in [-0.3, -0.25) is 4.68 Å². The van der Waals surface area contributed by atoms with Crippen LogP contribution in [-0.4, -0.2) is 62.8 Å². The van der Waals surface area contributed by atoms with E-state index in [0.717, 1.165) is 42.6 Å². The molecule has 36 heavy (non-hydrogen) atoms. The van der Waals surface area contributed by atoms with E-state index in [0.29, 0.717) is 43.4 Å². The topological polar surface area (TPSA) is 123 Å². The monoisotopic (exact) mass is 495 g/mol. The van der Waals surface area contributed by atoms with Gasteiger partial charge in [-0.15, -0.1) is 0 Å². The van der Waals surface area contributed by atoms with Crippen LogP contribution in [0.2, 0.25) is 0 Å². The van der Waals surface area contributed by atoms with Crippen LogP contribution in [-0.2, 0) is 17.8 Å². The van der Waals surface area contributed by atoms with Crippen LogP contribution in [0.15, 0.2) is 29.6 Å². The third-order valence-corrected chi connectivity index (χ3v) is 7.52. The molecule has 1 spiro atoms. The van der Waals surface area contributed by atoms with Crippen molar-refractivity contribution < 1.29 is 19.1 Å². The summed E-state index contributed by atoms with van der Waals surface area (Å²) in [6.07, 6.45) is 6.94. The van der Waals surface area contributed by atoms with Gasteiger partial charge >= 0.3 is 12.1 Å². The van der Waals surface area contributed by atoms with Crippen LogP contribution < -0.4 is 15.5 Å². The van der Waals surface area contributed by atoms with Crippen molar-refractivity contribution in [3.8, 4) is 5.88 Å². The maximum atomic E-state index is 12.8. The van der Waals surface area contributed by atoms with Crippen LogP contribution in [0.4, 0.5) is 9.59 Å². The molecule has 3 amide bonds. The van der Waals surface area contributed by atoms with Crippen molar-refractivity contribution in [1.82, 2.24) is 30.4 Å². The number of hydrogen-bond donors (Lipinski definition) is 2. The Morgan fingerprint density at radius 3 is 2.92 bits per heavy atom. The molecule has 0 saturated heterocycles. The molecule has 11 nitrogen and oxygen atoms in total. The van der Waals surface area contributed by atoms with Gasteiger partial charge in [0.05, 0.1) is 25.9 Å². The van der Waals surface area contributed by atoms with Crippen LogP contribution in [0.5, 0.6) is 5.88 Å². The molecule has 1 saturated carbocycles. The Balaban J connectivity index is 1.19. The standard InChI is InChI=1S/C25H33N7O4/c1-16-12-21(35-3)26-14-20(16)22-25(36-24(34)30-29-22)7-4-18(5-8-25)13-17(2)28-23(33)31-10-11-32-19(15-31)6-9-27-32/h6,9,12,14,17-18H,4-5,7-8,10-11,13,15H2,1-3H3,(H,28,33)(H,30,34)/t17-,18?,25?/m0/s1. The quantitative estimate of drug-likeness (QED) is 0.658. The number of hydrogen-bond acceptors (Lipinski definition) is 7. The summed E-state index contributed by atoms with van der Waals surface area (Å²) in [7, 11) is 1.58. The van der Waals surface area contributed by atoms with Gasteiger partial charge in [0.2, 0.25) is 5.88 Å². The lowest BCUT2D eigenvalue weighted by atomic mass is 9.72. The first-order valence-corrected chi connectivity index (χ1v) is 12.5. The average Bonchev–Trinajstić information content (AvgIpc) is 3.34. The zero-order valence-electron chi connectivity index (χ0n) is 21.0. The number of nitrogens with one attached hydrogen (secondary N) is 2. The Hall–Kier alpha value is -3.63. The van der Waals surface area contributed by atoms with Crippen molar-refractivity contribution in [1.29, 1.82) is 0 Å². The number of carbonyl (C=O) groups excluding carboxylic acids is 2. The molecule has 2 aromatic rings. The normalized spacial score (nSPS) is 24.3. The summed E-state index contributed by atoms with van der Waals surface area (Å²) in [5.74, 6) is 0.945. The Morgan fingerprint density at radius 1 is 1.36 bits per heavy atom. The molecule has 3 aliphatic rings. The van der Waals surface area contributed by atoms with Crippen molar-refractivity contribution in [3.63, 3.8) is 0 Å². The van der Waals surface area contributed by atoms with Gasteiger partial charge in [-0.05, 0) is 63.5 Å². The van der Waals surface area contributed by atoms with Gasteiger partial charge in [0.1, 0.15) is 5.71 Å². The molecule has 5 rings (SSSR count). The van der Waals surface area contributed by atoms with Crippen LogP contribution >= 0.6 is 0 Å². The number of urea groups is 1. The zero-order chi connectivity index (χ0) is 25.3. The molecule has 0 radical (unpaired) electrons. The molecule has 1 atom stereocenters. The van der Waals surface area contributed by atoms with E-state index in [1.807, 2.05) is 28.6 Å². The number of amides is 3. The Morgan fingerprint density at radius 2 is 2.17 bits per heavy atom. The zero-order valence-corrected chi connectivity index (χ0v) is 21.0. The number of carbonyl (C=O) groups is 2. The van der Waals surface area contributed by atoms with E-state index >= 15 is 0 Å². The van der Waals surface area contributed by atoms with E-state index in [-0.39, 0.29) is 12.1 Å². The molecule has 0 aromatic carbocycles. The molecular weight excluding hydrogens is 462 g/mol. The van der Waals surface area contributed by atoms with E-state index in [9.17, 15) is 9.59 Å². The Bertz CT molecular complexity index is 1170. The largest absolute Gasteiger partial charge is 0.481 e. The van der Waals surface area contributed by atoms with E-state index in [4.69, 9.17) is 9.47 Å². The van der Waals surface area contributed by atoms with E-state index < -0.39 is 11.7 Å². The summed E-state index contributed by atoms with van der Waals surface area (Å²) in [5.41, 5.74) is 5.26. The second-order valence-corrected chi connectivity index (χ2v) is 9.99. The summed E-state index contributed by atoms with van der Waals surface area (Å²) in [6.45, 7) is 5.97. The lowest BCUT2D eigenvalue weighted by Crippen LogP contribution is -2.53. The van der Waals surface area contributed by atoms with E-state index in [2.05, 4.69) is 32.9 Å². The minimum Gasteiger partial charge on any atom is -0.481 e. The number of rotatable bonds is 5. The first-order valence-electron chi connectivity index (χ1n) is 12.5. The molecule has 0 bridgehead atoms. The number of aryl methyl sites for hydroxylation is 1. The smallest absolute Gasteiger partial charge is 0.428 e. The van der Waals surface area contributed by atoms with Crippen LogP contribution in [0, 0.1) is 12.8 Å². The highest BCUT2D eigenvalue weighted by Gasteiger charge is 2.47. The van der Waals surface area contributed by atoms with Crippen molar-refractivity contribution >= 4 is 17.8 Å². The fourth-order valence-corrected chi connectivity index (χ4v) is 5.59. The highest BCUT2D eigenvalue weighted by molar-refractivity contribution is 6.09. The summed E-state index contributed by atoms with van der Waals surface area (Å²) in [4.78, 5) is 31.2. The van der Waals surface area contributed by atoms with E-state index in [1.54, 1.807) is 19.5 Å². The minimum absolute atomic E-state index is 0.0357. The Labute approximate surface area is 210 Å². The maximum absolute atomic E-state index is 12.8. The maximum Gasteiger partial charge on any atom is 0.428 e. The van der Waals surface area contributed by atoms with Gasteiger partial charge in [0.15, 0.2) is 5.60 Å². The predicted molar refractivity (Wildman–Crippen MR) is 132 cm³/mol. The lowest BCUT2D eigenvalue weighted by molar-refractivity contribution is 0.0154. The number of fused-ring (bicyclic) bond motifs is 1. The van der Waals surface area contributed by atoms with Gasteiger partial charge in [0, 0.05) is 36.6 Å². The minimum atomic E-state index is -0.775. The van der Waals surface area contributed by atoms with Gasteiger partial charge in [0.25, 0.3) is 0 Å². The average molecular weight is 496 g/mol. The first kappa shape index (κ1) is 24.1. The SMILES string of the molecule is COc1cc(C)c(C2=NNC(=O)OC23CCC(C[C@H](C)NC(=O)N2CCn4nccc4C2)CC3)cn1. The summed E-state index contributed by atoms with van der Waals surface area (Å²) in [6, 6.07) is 3.82. The van der Waals surface area contributed by atoms with Gasteiger partial charge in [-0.2, -0.15) is 10.2 Å². The number of ether oxygens (including phenoxy) is 2. The fraction of sp³-hybridized carbons (Fsp3) is 0.560. The molecular formula is C25H33N7O4. The van der Waals surface area contributed by atoms with E-state index in [1.165, 1.54) is 0 Å². The highest BCUT2D eigenvalue weighted by Crippen LogP contribution is 2.41. The molecule has 192 valence electrons. The molecule has 1 aliphatic carbocycles. The molecule has 11 heteroatoms. The molecule has 2 aliphatic heterocycles. The fourth-order valence-electron chi connectivity index (χ4n) is 5.59. The summed E-state index contributed by atoms with van der Waals surface area (Å²) < 4.78 is 13.1. The molecule has 2 N–H and O–H groups in total. The lowest BCUT2D eigenvalue weighted by Gasteiger charge is -2.42. The number of aromatic nitrogens is 3. The van der Waals surface area contributed by atoms with Crippen LogP contribution in [0.25, 0.3) is 0 Å². The molecule has 1 fully saturated rings. The molecule has 0 unspecified atom stereocenters. The van der Waals surface area contributed by atoms with Crippen molar-refractivity contribution in [2.24, 2.45) is 11.0 Å². The van der Waals surface area contributed by atoms with Crippen molar-refractivity contribution in [3.05, 3.63) is 41.3 Å². The van der Waals surface area contributed by atoms with Gasteiger partial charge < -0.3 is 19.7 Å². The summed E-state index contributed by atoms with van der Waals surface area (Å²) >= 11 is 0. The number of pyridine rings is 1. The molecule has 4 heterocycles. The number of methoxy groups -OCH3 is 1. The van der Waals surface area contributed by atoms with Crippen molar-refractivity contribution in [2.75, 3.05) is 13.7 Å². The second-order valence-electron chi connectivity index (χ2n) is 9.99. The van der Waals surface area contributed by atoms with Crippen LogP contribution in [0.3, 0.4) is 0 Å². The van der Waals surface area contributed by atoms with Gasteiger partial charge in [-0.1, -0.05) is 0 Å². The number of hydrazone groups is 1. The van der Waals surface area contributed by atoms with Crippen LogP contribution in [0.1, 0.15) is 55.8 Å². The third kappa shape index (κ3) is 4.74. The summed E-state index contributed by atoms with van der Waals surface area (Å²) in [5, 5.41) is 11.8. The Kier molecular flexibility index (Phi) is 6.55. The van der Waals surface area contributed by atoms with Gasteiger partial charge in [-0.25, -0.2) is 20.0 Å². The number of nitrogens with zero attached hydrogens (tertiary/aromatic N) is 5. The highest BCUT2D eigenvalue weighted by atomic mass is 16.6. The third-order valence-electron chi connectivity index (χ3n) is 7.52.